The molecule has 0 atom stereocenters. The van der Waals surface area contributed by atoms with Gasteiger partial charge in [-0.1, -0.05) is 30.3 Å². The third kappa shape index (κ3) is 4.95. The molecule has 0 bridgehead atoms. The molecule has 1 saturated heterocycles. The largest absolute Gasteiger partial charge is 0.482 e. The summed E-state index contributed by atoms with van der Waals surface area (Å²) < 4.78 is 11.0. The number of Topliss-reactive ketones (excluding diaryl/α,β-unsaturated/α-hetero) is 1. The Kier molecular flexibility index (Phi) is 6.33. The minimum Gasteiger partial charge on any atom is -0.482 e. The van der Waals surface area contributed by atoms with Gasteiger partial charge in [0.1, 0.15) is 18.6 Å². The first kappa shape index (κ1) is 22.8. The third-order valence-corrected chi connectivity index (χ3v) is 6.28. The molecule has 0 unspecified atom stereocenters. The van der Waals surface area contributed by atoms with Crippen LogP contribution in [0.25, 0.3) is 0 Å². The topological polar surface area (TPSA) is 96.2 Å². The number of carbonyl (C=O) groups excluding carboxylic acids is 3. The van der Waals surface area contributed by atoms with E-state index in [2.05, 4.69) is 22.0 Å². The average Bonchev–Trinajstić information content (AvgIpc) is 3.35. The summed E-state index contributed by atoms with van der Waals surface area (Å²) >= 11 is 0. The molecule has 5 rings (SSSR count). The molecule has 9 nitrogen and oxygen atoms in total. The van der Waals surface area contributed by atoms with Crippen LogP contribution in [-0.4, -0.2) is 65.2 Å². The van der Waals surface area contributed by atoms with Crippen LogP contribution in [0.4, 0.5) is 5.69 Å². The lowest BCUT2D eigenvalue weighted by Crippen LogP contribution is -2.48. The molecule has 35 heavy (non-hydrogen) atoms. The number of aromatic nitrogens is 1. The highest BCUT2D eigenvalue weighted by Gasteiger charge is 2.29. The number of ether oxygens (including phenoxy) is 1. The van der Waals surface area contributed by atoms with E-state index in [9.17, 15) is 14.4 Å². The fourth-order valence-electron chi connectivity index (χ4n) is 4.32. The Bertz CT molecular complexity index is 1250. The third-order valence-electron chi connectivity index (χ3n) is 6.28. The van der Waals surface area contributed by atoms with E-state index in [0.29, 0.717) is 30.1 Å². The number of fused-ring (bicyclic) bond motifs is 1. The van der Waals surface area contributed by atoms with Crippen molar-refractivity contribution in [2.45, 2.75) is 20.0 Å². The van der Waals surface area contributed by atoms with Crippen molar-refractivity contribution in [2.75, 3.05) is 37.7 Å². The lowest BCUT2D eigenvalue weighted by molar-refractivity contribution is -0.121. The van der Waals surface area contributed by atoms with Crippen LogP contribution in [0.3, 0.4) is 0 Å². The standard InChI is InChI=1S/C26H26N4O5/c1-18(31)20-7-8-23-22(13-20)30(25(32)17-34-23)15-24-27-21(16-35-24)26(33)29-11-9-28(10-12-29)14-19-5-3-2-4-6-19/h2-8,13,16H,9-12,14-15,17H2,1H3. The molecular formula is C26H26N4O5. The van der Waals surface area contributed by atoms with E-state index in [1.807, 2.05) is 18.2 Å². The Morgan fingerprint density at radius 1 is 1.00 bits per heavy atom. The number of rotatable bonds is 6. The van der Waals surface area contributed by atoms with Gasteiger partial charge in [0.05, 0.1) is 5.69 Å². The zero-order valence-corrected chi connectivity index (χ0v) is 19.5. The number of carbonyl (C=O) groups is 3. The van der Waals surface area contributed by atoms with E-state index < -0.39 is 0 Å². The first-order chi connectivity index (χ1) is 17.0. The van der Waals surface area contributed by atoms with E-state index >= 15 is 0 Å². The van der Waals surface area contributed by atoms with Crippen molar-refractivity contribution in [1.82, 2.24) is 14.8 Å². The van der Waals surface area contributed by atoms with Gasteiger partial charge in [0.15, 0.2) is 18.1 Å². The van der Waals surface area contributed by atoms with Crippen molar-refractivity contribution >= 4 is 23.3 Å². The molecule has 1 aromatic heterocycles. The number of piperazine rings is 1. The highest BCUT2D eigenvalue weighted by atomic mass is 16.5. The Hall–Kier alpha value is -3.98. The predicted octanol–water partition coefficient (Wildman–Crippen LogP) is 2.76. The molecule has 0 radical (unpaired) electrons. The Balaban J connectivity index is 1.23. The predicted molar refractivity (Wildman–Crippen MR) is 127 cm³/mol. The average molecular weight is 475 g/mol. The number of benzene rings is 2. The van der Waals surface area contributed by atoms with E-state index in [-0.39, 0.29) is 42.3 Å². The van der Waals surface area contributed by atoms with Gasteiger partial charge in [0, 0.05) is 38.3 Å². The summed E-state index contributed by atoms with van der Waals surface area (Å²) in [7, 11) is 0. The molecule has 2 aliphatic rings. The van der Waals surface area contributed by atoms with Crippen LogP contribution in [-0.2, 0) is 17.9 Å². The highest BCUT2D eigenvalue weighted by molar-refractivity contribution is 6.01. The van der Waals surface area contributed by atoms with E-state index in [4.69, 9.17) is 9.15 Å². The maximum Gasteiger partial charge on any atom is 0.275 e. The number of oxazole rings is 1. The second-order valence-corrected chi connectivity index (χ2v) is 8.69. The number of amides is 2. The van der Waals surface area contributed by atoms with Crippen LogP contribution in [0.5, 0.6) is 5.75 Å². The molecule has 3 heterocycles. The van der Waals surface area contributed by atoms with Gasteiger partial charge in [0.2, 0.25) is 5.89 Å². The maximum atomic E-state index is 13.0. The second-order valence-electron chi connectivity index (χ2n) is 8.69. The summed E-state index contributed by atoms with van der Waals surface area (Å²) in [4.78, 5) is 47.3. The zero-order chi connectivity index (χ0) is 24.4. The molecule has 3 aromatic rings. The normalized spacial score (nSPS) is 16.1. The van der Waals surface area contributed by atoms with Gasteiger partial charge in [0.25, 0.3) is 11.8 Å². The smallest absolute Gasteiger partial charge is 0.275 e. The monoisotopic (exact) mass is 474 g/mol. The molecule has 0 N–H and O–H groups in total. The summed E-state index contributed by atoms with van der Waals surface area (Å²) in [5, 5.41) is 0. The first-order valence-corrected chi connectivity index (χ1v) is 11.6. The molecule has 0 aliphatic carbocycles. The summed E-state index contributed by atoms with van der Waals surface area (Å²) in [5.41, 5.74) is 2.43. The van der Waals surface area contributed by atoms with Crippen LogP contribution in [0.1, 0.15) is 39.2 Å². The van der Waals surface area contributed by atoms with Gasteiger partial charge < -0.3 is 14.1 Å². The zero-order valence-electron chi connectivity index (χ0n) is 19.5. The molecule has 0 saturated carbocycles. The SMILES string of the molecule is CC(=O)c1ccc2c(c1)N(Cc1nc(C(=O)N3CCN(Cc4ccccc4)CC3)co1)C(=O)CO2. The Morgan fingerprint density at radius 3 is 2.51 bits per heavy atom. The Labute approximate surface area is 202 Å². The fraction of sp³-hybridized carbons (Fsp3) is 0.308. The molecule has 9 heteroatoms. The first-order valence-electron chi connectivity index (χ1n) is 11.6. The summed E-state index contributed by atoms with van der Waals surface area (Å²) in [5.74, 6) is 0.167. The van der Waals surface area contributed by atoms with Crippen LogP contribution in [0.2, 0.25) is 0 Å². The van der Waals surface area contributed by atoms with Gasteiger partial charge >= 0.3 is 0 Å². The lowest BCUT2D eigenvalue weighted by Gasteiger charge is -2.34. The number of nitrogens with zero attached hydrogens (tertiary/aromatic N) is 4. The molecule has 0 spiro atoms. The van der Waals surface area contributed by atoms with Gasteiger partial charge in [-0.3, -0.25) is 24.2 Å². The molecule has 2 aromatic carbocycles. The van der Waals surface area contributed by atoms with Crippen LogP contribution < -0.4 is 9.64 Å². The molecule has 180 valence electrons. The van der Waals surface area contributed by atoms with Gasteiger partial charge in [-0.15, -0.1) is 0 Å². The number of hydrogen-bond donors (Lipinski definition) is 0. The minimum atomic E-state index is -0.279. The fourth-order valence-corrected chi connectivity index (χ4v) is 4.32. The quantitative estimate of drug-likeness (QED) is 0.507. The van der Waals surface area contributed by atoms with Crippen molar-refractivity contribution in [3.05, 3.63) is 77.5 Å². The summed E-state index contributed by atoms with van der Waals surface area (Å²) in [6, 6.07) is 15.2. The van der Waals surface area contributed by atoms with Crippen molar-refractivity contribution in [2.24, 2.45) is 0 Å². The van der Waals surface area contributed by atoms with Crippen LogP contribution in [0, 0.1) is 0 Å². The molecule has 2 amide bonds. The maximum absolute atomic E-state index is 13.0. The van der Waals surface area contributed by atoms with Crippen molar-refractivity contribution in [3.8, 4) is 5.75 Å². The molecular weight excluding hydrogens is 448 g/mol. The number of anilines is 1. The van der Waals surface area contributed by atoms with E-state index in [1.165, 1.54) is 23.7 Å². The van der Waals surface area contributed by atoms with Crippen molar-refractivity contribution in [3.63, 3.8) is 0 Å². The van der Waals surface area contributed by atoms with Gasteiger partial charge in [-0.2, -0.15) is 0 Å². The summed E-state index contributed by atoms with van der Waals surface area (Å²) in [6.07, 6.45) is 1.34. The van der Waals surface area contributed by atoms with Crippen molar-refractivity contribution < 1.29 is 23.5 Å². The summed E-state index contributed by atoms with van der Waals surface area (Å²) in [6.45, 7) is 5.02. The van der Waals surface area contributed by atoms with Gasteiger partial charge in [-0.25, -0.2) is 4.98 Å². The molecule has 2 aliphatic heterocycles. The Morgan fingerprint density at radius 2 is 1.77 bits per heavy atom. The number of hydrogen-bond acceptors (Lipinski definition) is 7. The highest BCUT2D eigenvalue weighted by Crippen LogP contribution is 2.34. The molecule has 1 fully saturated rings. The van der Waals surface area contributed by atoms with Crippen LogP contribution >= 0.6 is 0 Å². The van der Waals surface area contributed by atoms with E-state index in [0.717, 1.165) is 19.6 Å². The minimum absolute atomic E-state index is 0.0364. The van der Waals surface area contributed by atoms with Gasteiger partial charge in [-0.05, 0) is 30.7 Å². The second kappa shape index (κ2) is 9.71. The lowest BCUT2D eigenvalue weighted by atomic mass is 10.1. The van der Waals surface area contributed by atoms with E-state index in [1.54, 1.807) is 23.1 Å². The van der Waals surface area contributed by atoms with Crippen LogP contribution in [0.15, 0.2) is 59.2 Å². The van der Waals surface area contributed by atoms with Crippen molar-refractivity contribution in [1.29, 1.82) is 0 Å². The number of ketones is 1.